The van der Waals surface area contributed by atoms with Crippen LogP contribution in [0.4, 0.5) is 0 Å². The van der Waals surface area contributed by atoms with Crippen molar-refractivity contribution >= 4 is 31.2 Å². The number of benzene rings is 1. The van der Waals surface area contributed by atoms with Crippen molar-refractivity contribution in [2.24, 2.45) is 0 Å². The smallest absolute Gasteiger partial charge is 0.240 e. The van der Waals surface area contributed by atoms with Crippen LogP contribution in [-0.4, -0.2) is 37.6 Å². The molecule has 0 spiro atoms. The lowest BCUT2D eigenvalue weighted by Crippen LogP contribution is -2.31. The first-order valence-corrected chi connectivity index (χ1v) is 12.2. The third-order valence-electron chi connectivity index (χ3n) is 4.13. The van der Waals surface area contributed by atoms with Gasteiger partial charge in [0.2, 0.25) is 10.0 Å². The van der Waals surface area contributed by atoms with Crippen LogP contribution in [0.3, 0.4) is 0 Å². The lowest BCUT2D eigenvalue weighted by atomic mass is 10.3. The highest BCUT2D eigenvalue weighted by atomic mass is 32.2. The van der Waals surface area contributed by atoms with E-state index in [0.717, 1.165) is 11.3 Å². The van der Waals surface area contributed by atoms with Crippen molar-refractivity contribution in [2.75, 3.05) is 20.8 Å². The lowest BCUT2D eigenvalue weighted by molar-refractivity contribution is 0.354. The van der Waals surface area contributed by atoms with Gasteiger partial charge >= 0.3 is 0 Å². The molecule has 0 saturated carbocycles. The molecule has 1 atom stereocenters. The molecule has 0 aliphatic carbocycles. The van der Waals surface area contributed by atoms with Gasteiger partial charge in [-0.2, -0.15) is 0 Å². The van der Waals surface area contributed by atoms with Crippen molar-refractivity contribution in [1.82, 2.24) is 4.72 Å². The SMILES string of the molecule is COc1ccc(S(=O)(=O)NC[C@@H](c2ccco2)S(=O)(=O)c2cccs2)cc1OC. The number of sulfone groups is 1. The summed E-state index contributed by atoms with van der Waals surface area (Å²) >= 11 is 1.06. The minimum Gasteiger partial charge on any atom is -0.493 e. The zero-order chi connectivity index (χ0) is 21.1. The van der Waals surface area contributed by atoms with E-state index in [9.17, 15) is 16.8 Å². The number of thiophene rings is 1. The number of nitrogens with one attached hydrogen (secondary N) is 1. The first-order valence-electron chi connectivity index (χ1n) is 8.32. The molecule has 11 heteroatoms. The van der Waals surface area contributed by atoms with Crippen LogP contribution < -0.4 is 14.2 Å². The van der Waals surface area contributed by atoms with Gasteiger partial charge in [-0.3, -0.25) is 0 Å². The maximum Gasteiger partial charge on any atom is 0.240 e. The van der Waals surface area contributed by atoms with Crippen LogP contribution in [0.15, 0.2) is 67.6 Å². The largest absolute Gasteiger partial charge is 0.493 e. The summed E-state index contributed by atoms with van der Waals surface area (Å²) in [6.07, 6.45) is 1.34. The molecule has 0 amide bonds. The van der Waals surface area contributed by atoms with Crippen molar-refractivity contribution in [3.63, 3.8) is 0 Å². The van der Waals surface area contributed by atoms with Gasteiger partial charge in [0.25, 0.3) is 0 Å². The summed E-state index contributed by atoms with van der Waals surface area (Å²) in [4.78, 5) is -0.0816. The van der Waals surface area contributed by atoms with Gasteiger partial charge in [0, 0.05) is 12.6 Å². The van der Waals surface area contributed by atoms with Crippen LogP contribution in [-0.2, 0) is 19.9 Å². The second kappa shape index (κ2) is 8.57. The summed E-state index contributed by atoms with van der Waals surface area (Å²) in [5.41, 5.74) is 0. The molecule has 0 radical (unpaired) electrons. The molecule has 2 heterocycles. The molecule has 8 nitrogen and oxygen atoms in total. The molecule has 2 aromatic heterocycles. The van der Waals surface area contributed by atoms with Gasteiger partial charge in [-0.25, -0.2) is 21.6 Å². The fraction of sp³-hybridized carbons (Fsp3) is 0.222. The van der Waals surface area contributed by atoms with Crippen molar-refractivity contribution in [1.29, 1.82) is 0 Å². The van der Waals surface area contributed by atoms with E-state index in [2.05, 4.69) is 4.72 Å². The maximum atomic E-state index is 13.0. The lowest BCUT2D eigenvalue weighted by Gasteiger charge is -2.16. The predicted octanol–water partition coefficient (Wildman–Crippen LogP) is 2.85. The number of methoxy groups -OCH3 is 2. The number of hydrogen-bond acceptors (Lipinski definition) is 8. The summed E-state index contributed by atoms with van der Waals surface area (Å²) in [7, 11) is -5.05. The van der Waals surface area contributed by atoms with E-state index >= 15 is 0 Å². The number of ether oxygens (including phenoxy) is 2. The number of rotatable bonds is 9. The molecule has 0 bridgehead atoms. The van der Waals surface area contributed by atoms with E-state index in [4.69, 9.17) is 13.9 Å². The van der Waals surface area contributed by atoms with Gasteiger partial charge in [0.15, 0.2) is 21.3 Å². The van der Waals surface area contributed by atoms with Gasteiger partial charge in [-0.05, 0) is 35.7 Å². The average Bonchev–Trinajstić information content (AvgIpc) is 3.41. The van der Waals surface area contributed by atoms with Crippen LogP contribution in [0.5, 0.6) is 11.5 Å². The van der Waals surface area contributed by atoms with E-state index in [1.807, 2.05) is 0 Å². The van der Waals surface area contributed by atoms with E-state index in [0.29, 0.717) is 5.75 Å². The third kappa shape index (κ3) is 4.47. The zero-order valence-corrected chi connectivity index (χ0v) is 18.0. The highest BCUT2D eigenvalue weighted by molar-refractivity contribution is 7.93. The van der Waals surface area contributed by atoms with Crippen LogP contribution in [0.2, 0.25) is 0 Å². The summed E-state index contributed by atoms with van der Waals surface area (Å²) in [5.74, 6) is 0.762. The number of hydrogen-bond donors (Lipinski definition) is 1. The van der Waals surface area contributed by atoms with Crippen molar-refractivity contribution in [2.45, 2.75) is 14.4 Å². The molecule has 3 rings (SSSR count). The maximum absolute atomic E-state index is 13.0. The van der Waals surface area contributed by atoms with E-state index in [-0.39, 0.29) is 20.6 Å². The monoisotopic (exact) mass is 457 g/mol. The fourth-order valence-corrected chi connectivity index (χ4v) is 6.61. The van der Waals surface area contributed by atoms with Crippen molar-refractivity contribution in [3.05, 3.63) is 59.9 Å². The molecule has 0 saturated heterocycles. The molecule has 0 aliphatic heterocycles. The second-order valence-electron chi connectivity index (χ2n) is 5.85. The molecule has 1 aromatic carbocycles. The standard InChI is InChI=1S/C18H19NO7S3/c1-24-14-8-7-13(11-16(14)25-2)29(22,23)19-12-17(15-5-3-9-26-15)28(20,21)18-6-4-10-27-18/h3-11,17,19H,12H2,1-2H3/t17-/m0/s1. The Morgan fingerprint density at radius 3 is 2.38 bits per heavy atom. The van der Waals surface area contributed by atoms with Crippen LogP contribution in [0.1, 0.15) is 11.0 Å². The summed E-state index contributed by atoms with van der Waals surface area (Å²) < 4.78 is 69.5. The van der Waals surface area contributed by atoms with Crippen LogP contribution in [0.25, 0.3) is 0 Å². The van der Waals surface area contributed by atoms with Gasteiger partial charge in [-0.1, -0.05) is 6.07 Å². The van der Waals surface area contributed by atoms with Crippen molar-refractivity contribution in [3.8, 4) is 11.5 Å². The molecule has 3 aromatic rings. The quantitative estimate of drug-likeness (QED) is 0.526. The zero-order valence-electron chi connectivity index (χ0n) is 15.6. The van der Waals surface area contributed by atoms with E-state index in [1.54, 1.807) is 17.5 Å². The van der Waals surface area contributed by atoms with E-state index in [1.165, 1.54) is 50.8 Å². The van der Waals surface area contributed by atoms with Crippen molar-refractivity contribution < 1.29 is 30.7 Å². The highest BCUT2D eigenvalue weighted by Crippen LogP contribution is 2.33. The fourth-order valence-electron chi connectivity index (χ4n) is 2.66. The third-order valence-corrected chi connectivity index (χ3v) is 9.05. The molecule has 0 fully saturated rings. The molecule has 1 N–H and O–H groups in total. The Bertz CT molecular complexity index is 1150. The first kappa shape index (κ1) is 21.4. The molecule has 29 heavy (non-hydrogen) atoms. The minimum atomic E-state index is -4.02. The molecule has 0 unspecified atom stereocenters. The Labute approximate surface area is 173 Å². The topological polar surface area (TPSA) is 112 Å². The van der Waals surface area contributed by atoms with E-state index < -0.39 is 31.7 Å². The predicted molar refractivity (Wildman–Crippen MR) is 108 cm³/mol. The normalized spacial score (nSPS) is 13.2. The van der Waals surface area contributed by atoms with Gasteiger partial charge < -0.3 is 13.9 Å². The van der Waals surface area contributed by atoms with Crippen LogP contribution in [0, 0.1) is 0 Å². The molecule has 0 aliphatic rings. The molecular weight excluding hydrogens is 438 g/mol. The Morgan fingerprint density at radius 2 is 1.79 bits per heavy atom. The number of furan rings is 1. The molecular formula is C18H19NO7S3. The first-order chi connectivity index (χ1) is 13.8. The van der Waals surface area contributed by atoms with Gasteiger partial charge in [-0.15, -0.1) is 11.3 Å². The Morgan fingerprint density at radius 1 is 1.03 bits per heavy atom. The Kier molecular flexibility index (Phi) is 6.32. The highest BCUT2D eigenvalue weighted by Gasteiger charge is 2.33. The summed E-state index contributed by atoms with van der Waals surface area (Å²) in [6, 6.07) is 10.2. The molecule has 156 valence electrons. The van der Waals surface area contributed by atoms with Crippen LogP contribution >= 0.6 is 11.3 Å². The summed E-state index contributed by atoms with van der Waals surface area (Å²) in [5, 5.41) is 0.422. The number of sulfonamides is 1. The second-order valence-corrected chi connectivity index (χ2v) is 10.9. The summed E-state index contributed by atoms with van der Waals surface area (Å²) in [6.45, 7) is -0.398. The van der Waals surface area contributed by atoms with Gasteiger partial charge in [0.05, 0.1) is 25.4 Å². The Hall–Kier alpha value is -2.34. The average molecular weight is 458 g/mol. The van der Waals surface area contributed by atoms with Gasteiger partial charge in [0.1, 0.15) is 15.2 Å². The Balaban J connectivity index is 1.90. The minimum absolute atomic E-state index is 0.0816.